The lowest BCUT2D eigenvalue weighted by Crippen LogP contribution is -2.35. The predicted octanol–water partition coefficient (Wildman–Crippen LogP) is 9.30. The zero-order chi connectivity index (χ0) is 45.4. The van der Waals surface area contributed by atoms with Crippen molar-refractivity contribution in [2.24, 2.45) is 5.41 Å². The van der Waals surface area contributed by atoms with Gasteiger partial charge in [-0.25, -0.2) is 9.36 Å². The van der Waals surface area contributed by atoms with Gasteiger partial charge in [0.25, 0.3) is 0 Å². The molecule has 0 aliphatic carbocycles. The molecule has 0 atom stereocenters. The number of nitrogens with one attached hydrogen (secondary N) is 1. The fourth-order valence-electron chi connectivity index (χ4n) is 6.49. The van der Waals surface area contributed by atoms with Gasteiger partial charge >= 0.3 is 0 Å². The van der Waals surface area contributed by atoms with E-state index in [-0.39, 0.29) is 47.8 Å². The van der Waals surface area contributed by atoms with Gasteiger partial charge in [0.15, 0.2) is 0 Å². The van der Waals surface area contributed by atoms with Crippen LogP contribution in [0.15, 0.2) is 54.7 Å². The third-order valence-electron chi connectivity index (χ3n) is 10.5. The van der Waals surface area contributed by atoms with Crippen LogP contribution in [0.3, 0.4) is 0 Å². The molecule has 0 radical (unpaired) electrons. The largest absolute Gasteiger partial charge is 0.396 e. The molecule has 0 unspecified atom stereocenters. The number of hydrogen-bond donors (Lipinski definition) is 2. The van der Waals surface area contributed by atoms with Crippen LogP contribution in [0.4, 0.5) is 5.69 Å². The number of ether oxygens (including phenoxy) is 2. The molecule has 5 rings (SSSR count). The molecule has 2 aromatic heterocycles. The second-order valence-electron chi connectivity index (χ2n) is 18.7. The lowest BCUT2D eigenvalue weighted by atomic mass is 9.95. The molecule has 2 amide bonds. The van der Waals surface area contributed by atoms with E-state index in [9.17, 15) is 9.59 Å². The number of amides is 2. The molecule has 0 fully saturated rings. The standard InChI is InChI=1S/C41H58N8O4.C5H12O.C2H6/c1-9-10-26-52-40(5,6)21-24-42-35(50)19-20-36(51)47-29-31-15-11-12-16-32(31)37-38(33-17-13-14-18-34(33)47)48(45-44-37)25-22-41(7,8)53-27-23-39(3,4)49-28-30(2)43-46-49;1-5(2,3)4-6;1-2/h11-18,28H,9-10,19-27,29H2,1-8H3,(H,42,50);6H,4H2,1-3H3;1-2H3. The zero-order valence-corrected chi connectivity index (χ0v) is 39.6. The fraction of sp³-hybridized carbons (Fsp3) is 0.625. The smallest absolute Gasteiger partial charge is 0.227 e. The first-order chi connectivity index (χ1) is 28.8. The number of aliphatic hydroxyl groups excluding tert-OH is 1. The van der Waals surface area contributed by atoms with Crippen LogP contribution in [-0.4, -0.2) is 84.5 Å². The Morgan fingerprint density at radius 1 is 0.803 bits per heavy atom. The van der Waals surface area contributed by atoms with Crippen molar-refractivity contribution in [1.29, 1.82) is 0 Å². The van der Waals surface area contributed by atoms with Crippen LogP contribution < -0.4 is 10.2 Å². The van der Waals surface area contributed by atoms with Crippen molar-refractivity contribution in [1.82, 2.24) is 35.3 Å². The maximum atomic E-state index is 14.0. The van der Waals surface area contributed by atoms with Gasteiger partial charge in [0, 0.05) is 63.1 Å². The molecule has 4 aromatic rings. The lowest BCUT2D eigenvalue weighted by molar-refractivity contribution is -0.125. The molecule has 13 heteroatoms. The van der Waals surface area contributed by atoms with Crippen molar-refractivity contribution in [3.05, 3.63) is 66.0 Å². The van der Waals surface area contributed by atoms with Gasteiger partial charge in [0.05, 0.1) is 40.4 Å². The van der Waals surface area contributed by atoms with Crippen LogP contribution >= 0.6 is 0 Å². The Labute approximate surface area is 366 Å². The number of anilines is 1. The number of fused-ring (bicyclic) bond motifs is 5. The van der Waals surface area contributed by atoms with Gasteiger partial charge in [-0.3, -0.25) is 9.59 Å². The van der Waals surface area contributed by atoms with E-state index in [1.807, 2.05) is 119 Å². The number of rotatable bonds is 18. The molecule has 0 spiro atoms. The van der Waals surface area contributed by atoms with Crippen molar-refractivity contribution < 1.29 is 24.2 Å². The Morgan fingerprint density at radius 3 is 2.07 bits per heavy atom. The van der Waals surface area contributed by atoms with E-state index in [4.69, 9.17) is 19.7 Å². The second-order valence-corrected chi connectivity index (χ2v) is 18.7. The number of carbonyl (C=O) groups excluding carboxylic acids is 2. The van der Waals surface area contributed by atoms with Crippen LogP contribution in [-0.2, 0) is 37.7 Å². The Kier molecular flexibility index (Phi) is 19.3. The minimum absolute atomic E-state index is 0.0853. The molecule has 0 bridgehead atoms. The van der Waals surface area contributed by atoms with Gasteiger partial charge in [-0.15, -0.1) is 10.2 Å². The summed E-state index contributed by atoms with van der Waals surface area (Å²) in [6, 6.07) is 15.9. The second kappa shape index (κ2) is 23.1. The van der Waals surface area contributed by atoms with Crippen molar-refractivity contribution in [2.45, 2.75) is 165 Å². The number of unbranched alkanes of at least 4 members (excludes halogenated alkanes) is 1. The summed E-state index contributed by atoms with van der Waals surface area (Å²) in [5, 5.41) is 29.2. The molecule has 1 aliphatic heterocycles. The molecular formula is C48H76N8O5. The summed E-state index contributed by atoms with van der Waals surface area (Å²) >= 11 is 0. The highest BCUT2D eigenvalue weighted by Gasteiger charge is 2.31. The van der Waals surface area contributed by atoms with Crippen molar-refractivity contribution in [2.75, 3.05) is 31.3 Å². The van der Waals surface area contributed by atoms with Gasteiger partial charge < -0.3 is 24.8 Å². The molecule has 1 aliphatic rings. The Morgan fingerprint density at radius 2 is 1.43 bits per heavy atom. The van der Waals surface area contributed by atoms with Gasteiger partial charge in [0.2, 0.25) is 11.8 Å². The van der Waals surface area contributed by atoms with Crippen molar-refractivity contribution >= 4 is 17.5 Å². The highest BCUT2D eigenvalue weighted by atomic mass is 16.5. The topological polar surface area (TPSA) is 150 Å². The summed E-state index contributed by atoms with van der Waals surface area (Å²) in [6.07, 6.45) is 6.40. The average molecular weight is 845 g/mol. The number of benzene rings is 2. The van der Waals surface area contributed by atoms with Crippen molar-refractivity contribution in [3.63, 3.8) is 0 Å². The minimum Gasteiger partial charge on any atom is -0.396 e. The maximum absolute atomic E-state index is 14.0. The minimum atomic E-state index is -0.438. The first-order valence-electron chi connectivity index (χ1n) is 22.2. The zero-order valence-electron chi connectivity index (χ0n) is 39.6. The van der Waals surface area contributed by atoms with Gasteiger partial charge in [-0.1, -0.05) is 101 Å². The third kappa shape index (κ3) is 15.8. The molecule has 3 heterocycles. The molecule has 13 nitrogen and oxygen atoms in total. The van der Waals surface area contributed by atoms with Crippen LogP contribution in [0, 0.1) is 12.3 Å². The number of para-hydroxylation sites is 1. The van der Waals surface area contributed by atoms with Gasteiger partial charge in [0.1, 0.15) is 5.69 Å². The lowest BCUT2D eigenvalue weighted by Gasteiger charge is -2.30. The monoisotopic (exact) mass is 845 g/mol. The first-order valence-corrected chi connectivity index (χ1v) is 22.2. The Hall–Kier alpha value is -4.46. The third-order valence-corrected chi connectivity index (χ3v) is 10.5. The number of aliphatic hydroxyl groups is 1. The summed E-state index contributed by atoms with van der Waals surface area (Å²) in [6.45, 7) is 29.6. The van der Waals surface area contributed by atoms with Crippen LogP contribution in [0.5, 0.6) is 0 Å². The number of carbonyl (C=O) groups is 2. The highest BCUT2D eigenvalue weighted by Crippen LogP contribution is 2.41. The average Bonchev–Trinajstić information content (AvgIpc) is 3.85. The Balaban J connectivity index is 0.00000114. The molecule has 338 valence electrons. The van der Waals surface area contributed by atoms with E-state index in [1.165, 1.54) is 0 Å². The van der Waals surface area contributed by atoms with E-state index >= 15 is 0 Å². The first kappa shape index (κ1) is 50.9. The number of aromatic nitrogens is 6. The maximum Gasteiger partial charge on any atom is 0.227 e. The molecule has 0 saturated carbocycles. The fourth-order valence-corrected chi connectivity index (χ4v) is 6.49. The van der Waals surface area contributed by atoms with Gasteiger partial charge in [-0.2, -0.15) is 0 Å². The van der Waals surface area contributed by atoms with Crippen LogP contribution in [0.25, 0.3) is 22.5 Å². The van der Waals surface area contributed by atoms with E-state index < -0.39 is 5.60 Å². The molecule has 2 N–H and O–H groups in total. The number of nitrogens with zero attached hydrogens (tertiary/aromatic N) is 7. The van der Waals surface area contributed by atoms with E-state index in [0.29, 0.717) is 45.7 Å². The molecule has 2 aromatic carbocycles. The van der Waals surface area contributed by atoms with Crippen molar-refractivity contribution in [3.8, 4) is 22.5 Å². The van der Waals surface area contributed by atoms with E-state index in [0.717, 1.165) is 58.7 Å². The van der Waals surface area contributed by atoms with E-state index in [2.05, 4.69) is 55.5 Å². The molecule has 0 saturated heterocycles. The summed E-state index contributed by atoms with van der Waals surface area (Å²) in [5.74, 6) is -0.262. The normalized spacial score (nSPS) is 12.7. The molecular weight excluding hydrogens is 769 g/mol. The Bertz CT molecular complexity index is 1960. The number of aryl methyl sites for hydroxylation is 2. The molecule has 61 heavy (non-hydrogen) atoms. The van der Waals surface area contributed by atoms with E-state index in [1.54, 1.807) is 4.90 Å². The summed E-state index contributed by atoms with van der Waals surface area (Å²) in [4.78, 5) is 28.7. The number of hydrogen-bond acceptors (Lipinski definition) is 9. The quantitative estimate of drug-likeness (QED) is 0.0935. The summed E-state index contributed by atoms with van der Waals surface area (Å²) in [7, 11) is 0. The van der Waals surface area contributed by atoms with Crippen LogP contribution in [0.1, 0.15) is 139 Å². The predicted molar refractivity (Wildman–Crippen MR) is 245 cm³/mol. The van der Waals surface area contributed by atoms with Crippen LogP contribution in [0.2, 0.25) is 0 Å². The SMILES string of the molecule is CC.CC(C)(C)CO.CCCCOC(C)(C)CCNC(=O)CCC(=O)N1Cc2ccccc2-c2nnn(CCC(C)(C)OCCC(C)(C)n3cc(C)nn3)c2-c2ccccc21. The summed E-state index contributed by atoms with van der Waals surface area (Å²) < 4.78 is 16.3. The van der Waals surface area contributed by atoms with Gasteiger partial charge in [-0.05, 0) is 91.2 Å². The summed E-state index contributed by atoms with van der Waals surface area (Å²) in [5.41, 5.74) is 5.17. The highest BCUT2D eigenvalue weighted by molar-refractivity contribution is 6.01.